The number of carbonyl (C=O) groups is 1. The standard InChI is InChI=1S/C18H18ClN3O5S/c1-11-10-15(12(2)26-11)17-21-22-18(27-17)20-16(23)4-3-9-28(24,25)14-7-5-13(19)6-8-14/h5-8,10H,3-4,9H2,1-2H3,(H,20,22,23). The first-order valence-corrected chi connectivity index (χ1v) is 10.5. The minimum absolute atomic E-state index is 0.00558. The minimum Gasteiger partial charge on any atom is -0.466 e. The van der Waals surface area contributed by atoms with E-state index in [0.29, 0.717) is 22.1 Å². The van der Waals surface area contributed by atoms with Gasteiger partial charge < -0.3 is 8.83 Å². The Labute approximate surface area is 166 Å². The summed E-state index contributed by atoms with van der Waals surface area (Å²) in [7, 11) is -3.48. The molecule has 0 saturated heterocycles. The lowest BCUT2D eigenvalue weighted by Gasteiger charge is -2.04. The number of aromatic nitrogens is 2. The topological polar surface area (TPSA) is 115 Å². The van der Waals surface area contributed by atoms with Crippen LogP contribution in [-0.2, 0) is 14.6 Å². The van der Waals surface area contributed by atoms with Crippen molar-refractivity contribution in [2.75, 3.05) is 11.1 Å². The van der Waals surface area contributed by atoms with Gasteiger partial charge in [-0.3, -0.25) is 10.1 Å². The van der Waals surface area contributed by atoms with Gasteiger partial charge in [-0.1, -0.05) is 16.7 Å². The van der Waals surface area contributed by atoms with Crippen molar-refractivity contribution in [1.82, 2.24) is 10.2 Å². The number of anilines is 1. The van der Waals surface area contributed by atoms with Gasteiger partial charge in [-0.2, -0.15) is 0 Å². The summed E-state index contributed by atoms with van der Waals surface area (Å²) < 4.78 is 35.3. The van der Waals surface area contributed by atoms with Crippen LogP contribution in [0.3, 0.4) is 0 Å². The third kappa shape index (κ3) is 4.79. The first-order valence-electron chi connectivity index (χ1n) is 8.44. The SMILES string of the molecule is Cc1cc(-c2nnc(NC(=O)CCCS(=O)(=O)c3ccc(Cl)cc3)o2)c(C)o1. The Kier molecular flexibility index (Phi) is 5.85. The molecule has 1 amide bonds. The van der Waals surface area contributed by atoms with E-state index in [9.17, 15) is 13.2 Å². The molecule has 0 unspecified atom stereocenters. The van der Waals surface area contributed by atoms with Crippen molar-refractivity contribution in [3.05, 3.63) is 46.9 Å². The second kappa shape index (κ2) is 8.15. The fourth-order valence-corrected chi connectivity index (χ4v) is 4.03. The highest BCUT2D eigenvalue weighted by molar-refractivity contribution is 7.91. The molecule has 0 radical (unpaired) electrons. The number of rotatable bonds is 7. The number of nitrogens with zero attached hydrogens (tertiary/aromatic N) is 2. The van der Waals surface area contributed by atoms with Crippen molar-refractivity contribution in [2.24, 2.45) is 0 Å². The van der Waals surface area contributed by atoms with Crippen LogP contribution in [0.2, 0.25) is 5.02 Å². The third-order valence-corrected chi connectivity index (χ3v) is 6.00. The van der Waals surface area contributed by atoms with E-state index in [-0.39, 0.29) is 35.4 Å². The van der Waals surface area contributed by atoms with Gasteiger partial charge >= 0.3 is 6.01 Å². The normalized spacial score (nSPS) is 11.5. The first-order chi connectivity index (χ1) is 13.2. The molecule has 0 aliphatic carbocycles. The van der Waals surface area contributed by atoms with Gasteiger partial charge in [0.25, 0.3) is 5.89 Å². The van der Waals surface area contributed by atoms with Gasteiger partial charge in [-0.25, -0.2) is 8.42 Å². The Bertz CT molecular complexity index is 1090. The molecule has 28 heavy (non-hydrogen) atoms. The Morgan fingerprint density at radius 1 is 1.14 bits per heavy atom. The minimum atomic E-state index is -3.48. The van der Waals surface area contributed by atoms with Crippen molar-refractivity contribution in [2.45, 2.75) is 31.6 Å². The number of benzene rings is 1. The molecule has 0 saturated carbocycles. The van der Waals surface area contributed by atoms with E-state index in [4.69, 9.17) is 20.4 Å². The lowest BCUT2D eigenvalue weighted by Crippen LogP contribution is -2.14. The number of halogens is 1. The summed E-state index contributed by atoms with van der Waals surface area (Å²) in [5, 5.41) is 10.6. The van der Waals surface area contributed by atoms with Gasteiger partial charge in [0.2, 0.25) is 5.91 Å². The molecule has 148 valence electrons. The third-order valence-electron chi connectivity index (χ3n) is 3.93. The molecule has 2 aromatic heterocycles. The van der Waals surface area contributed by atoms with Crippen LogP contribution in [-0.4, -0.2) is 30.3 Å². The number of hydrogen-bond acceptors (Lipinski definition) is 7. The highest BCUT2D eigenvalue weighted by Gasteiger charge is 2.18. The van der Waals surface area contributed by atoms with Crippen LogP contribution in [0.4, 0.5) is 6.01 Å². The fourth-order valence-electron chi connectivity index (χ4n) is 2.59. The van der Waals surface area contributed by atoms with Gasteiger partial charge in [0.05, 0.1) is 16.2 Å². The van der Waals surface area contributed by atoms with E-state index in [1.807, 2.05) is 0 Å². The van der Waals surface area contributed by atoms with Crippen LogP contribution in [0.25, 0.3) is 11.5 Å². The van der Waals surface area contributed by atoms with E-state index >= 15 is 0 Å². The summed E-state index contributed by atoms with van der Waals surface area (Å²) in [6.45, 7) is 3.57. The van der Waals surface area contributed by atoms with Crippen molar-refractivity contribution in [3.8, 4) is 11.5 Å². The van der Waals surface area contributed by atoms with Crippen LogP contribution in [0, 0.1) is 13.8 Å². The summed E-state index contributed by atoms with van der Waals surface area (Å²) in [4.78, 5) is 12.2. The highest BCUT2D eigenvalue weighted by atomic mass is 35.5. The smallest absolute Gasteiger partial charge is 0.322 e. The second-order valence-corrected chi connectivity index (χ2v) is 8.71. The van der Waals surface area contributed by atoms with Gasteiger partial charge in [0.15, 0.2) is 9.84 Å². The number of hydrogen-bond donors (Lipinski definition) is 1. The molecule has 0 aliphatic heterocycles. The molecule has 8 nitrogen and oxygen atoms in total. The zero-order chi connectivity index (χ0) is 20.3. The molecule has 0 spiro atoms. The Balaban J connectivity index is 1.54. The molecule has 3 rings (SSSR count). The maximum absolute atomic E-state index is 12.3. The van der Waals surface area contributed by atoms with E-state index in [2.05, 4.69) is 15.5 Å². The van der Waals surface area contributed by atoms with Gasteiger partial charge in [0, 0.05) is 11.4 Å². The van der Waals surface area contributed by atoms with Crippen molar-refractivity contribution in [3.63, 3.8) is 0 Å². The van der Waals surface area contributed by atoms with Gasteiger partial charge in [-0.15, -0.1) is 5.10 Å². The molecule has 1 N–H and O–H groups in total. The highest BCUT2D eigenvalue weighted by Crippen LogP contribution is 2.26. The maximum atomic E-state index is 12.3. The monoisotopic (exact) mass is 423 g/mol. The van der Waals surface area contributed by atoms with E-state index in [1.165, 1.54) is 24.3 Å². The van der Waals surface area contributed by atoms with Crippen LogP contribution in [0.5, 0.6) is 0 Å². The predicted molar refractivity (Wildman–Crippen MR) is 103 cm³/mol. The van der Waals surface area contributed by atoms with Crippen molar-refractivity contribution >= 4 is 33.4 Å². The Morgan fingerprint density at radius 2 is 1.86 bits per heavy atom. The molecule has 0 bridgehead atoms. The van der Waals surface area contributed by atoms with Crippen LogP contribution in [0.1, 0.15) is 24.4 Å². The Morgan fingerprint density at radius 3 is 2.50 bits per heavy atom. The Hall–Kier alpha value is -2.65. The lowest BCUT2D eigenvalue weighted by molar-refractivity contribution is -0.116. The van der Waals surface area contributed by atoms with Gasteiger partial charge in [0.1, 0.15) is 11.5 Å². The molecule has 10 heteroatoms. The number of amides is 1. The molecule has 0 aliphatic rings. The summed E-state index contributed by atoms with van der Waals surface area (Å²) in [6, 6.07) is 7.61. The van der Waals surface area contributed by atoms with E-state index in [1.54, 1.807) is 19.9 Å². The largest absolute Gasteiger partial charge is 0.466 e. The predicted octanol–water partition coefficient (Wildman–Crippen LogP) is 3.79. The maximum Gasteiger partial charge on any atom is 0.322 e. The van der Waals surface area contributed by atoms with Crippen LogP contribution in [0.15, 0.2) is 44.1 Å². The number of aryl methyl sites for hydroxylation is 2. The molecule has 3 aromatic rings. The fraction of sp³-hybridized carbons (Fsp3) is 0.278. The molecular formula is C18H18ClN3O5S. The summed E-state index contributed by atoms with van der Waals surface area (Å²) in [6.07, 6.45) is 0.145. The quantitative estimate of drug-likeness (QED) is 0.614. The first kappa shape index (κ1) is 20.1. The summed E-state index contributed by atoms with van der Waals surface area (Å²) in [5.41, 5.74) is 0.652. The number of carbonyl (C=O) groups excluding carboxylic acids is 1. The van der Waals surface area contributed by atoms with E-state index < -0.39 is 15.7 Å². The average molecular weight is 424 g/mol. The molecule has 0 atom stereocenters. The number of sulfone groups is 1. The van der Waals surface area contributed by atoms with Gasteiger partial charge in [-0.05, 0) is 50.6 Å². The molecule has 2 heterocycles. The molecular weight excluding hydrogens is 406 g/mol. The van der Waals surface area contributed by atoms with Crippen LogP contribution < -0.4 is 5.32 Å². The summed E-state index contributed by atoms with van der Waals surface area (Å²) >= 11 is 5.76. The van der Waals surface area contributed by atoms with Crippen molar-refractivity contribution < 1.29 is 22.0 Å². The average Bonchev–Trinajstić information content (AvgIpc) is 3.20. The number of nitrogens with one attached hydrogen (secondary N) is 1. The zero-order valence-electron chi connectivity index (χ0n) is 15.2. The zero-order valence-corrected chi connectivity index (χ0v) is 16.8. The summed E-state index contributed by atoms with van der Waals surface area (Å²) in [5.74, 6) is 0.992. The second-order valence-electron chi connectivity index (χ2n) is 6.16. The number of furan rings is 1. The molecule has 1 aromatic carbocycles. The lowest BCUT2D eigenvalue weighted by atomic mass is 10.2. The molecule has 0 fully saturated rings. The van der Waals surface area contributed by atoms with Crippen molar-refractivity contribution in [1.29, 1.82) is 0 Å². The van der Waals surface area contributed by atoms with E-state index in [0.717, 1.165) is 0 Å². The van der Waals surface area contributed by atoms with Crippen LogP contribution >= 0.6 is 11.6 Å².